The zero-order valence-electron chi connectivity index (χ0n) is 17.4. The number of methoxy groups -OCH3 is 1. The highest BCUT2D eigenvalue weighted by Gasteiger charge is 2.74. The fourth-order valence-electron chi connectivity index (χ4n) is 6.26. The molecule has 158 valence electrons. The molecule has 7 heteroatoms. The number of carbonyl (C=O) groups is 3. The van der Waals surface area contributed by atoms with E-state index >= 15 is 0 Å². The summed E-state index contributed by atoms with van der Waals surface area (Å²) in [4.78, 5) is 44.5. The van der Waals surface area contributed by atoms with Crippen LogP contribution in [0.15, 0.2) is 42.5 Å². The lowest BCUT2D eigenvalue weighted by Gasteiger charge is -2.36. The van der Waals surface area contributed by atoms with E-state index in [0.717, 1.165) is 24.0 Å². The molecule has 6 rings (SSSR count). The third-order valence-corrected chi connectivity index (χ3v) is 7.49. The number of amides is 3. The van der Waals surface area contributed by atoms with Crippen LogP contribution in [0.1, 0.15) is 24.0 Å². The first kappa shape index (κ1) is 18.6. The average molecular weight is 417 g/mol. The molecule has 0 bridgehead atoms. The molecule has 4 aliphatic rings. The molecule has 7 nitrogen and oxygen atoms in total. The quantitative estimate of drug-likeness (QED) is 0.760. The summed E-state index contributed by atoms with van der Waals surface area (Å²) in [5.74, 6) is -1.36. The Morgan fingerprint density at radius 3 is 2.58 bits per heavy atom. The minimum Gasteiger partial charge on any atom is -0.497 e. The largest absolute Gasteiger partial charge is 0.497 e. The minimum atomic E-state index is -1.18. The zero-order chi connectivity index (χ0) is 21.5. The summed E-state index contributed by atoms with van der Waals surface area (Å²) in [6, 6.07) is 12.7. The highest BCUT2D eigenvalue weighted by molar-refractivity contribution is 6.25. The van der Waals surface area contributed by atoms with Crippen molar-refractivity contribution in [2.75, 3.05) is 23.9 Å². The Hall–Kier alpha value is -3.19. The second kappa shape index (κ2) is 6.17. The topological polar surface area (TPSA) is 79.0 Å². The molecule has 1 N–H and O–H groups in total. The van der Waals surface area contributed by atoms with E-state index in [4.69, 9.17) is 4.74 Å². The number of fused-ring (bicyclic) bond motifs is 7. The van der Waals surface area contributed by atoms with Crippen molar-refractivity contribution in [1.29, 1.82) is 0 Å². The van der Waals surface area contributed by atoms with Gasteiger partial charge in [0.2, 0.25) is 17.7 Å². The highest BCUT2D eigenvalue weighted by atomic mass is 16.5. The average Bonchev–Trinajstić information content (AvgIpc) is 3.47. The molecule has 4 atom stereocenters. The Morgan fingerprint density at radius 2 is 1.84 bits per heavy atom. The normalized spacial score (nSPS) is 31.2. The molecule has 2 aromatic carbocycles. The molecule has 31 heavy (non-hydrogen) atoms. The number of anilines is 2. The molecular weight excluding hydrogens is 394 g/mol. The third kappa shape index (κ3) is 2.14. The standard InChI is InChI=1S/C24H23N3O4/c1-13-5-7-14(8-6-13)27-21(28)19-18-4-3-11-26(18)24(20(19)22(27)29)16-12-15(31-2)9-10-17(16)25-23(24)30/h5-10,12,18-20H,3-4,11H2,1-2H3,(H,25,30)/t18-,19+,20-,24+/m0/s1. The van der Waals surface area contributed by atoms with Gasteiger partial charge in [0.25, 0.3) is 0 Å². The summed E-state index contributed by atoms with van der Waals surface area (Å²) in [6.07, 6.45) is 1.70. The predicted molar refractivity (Wildman–Crippen MR) is 114 cm³/mol. The maximum Gasteiger partial charge on any atom is 0.250 e. The Morgan fingerprint density at radius 1 is 1.06 bits per heavy atom. The van der Waals surface area contributed by atoms with Crippen molar-refractivity contribution in [2.24, 2.45) is 11.8 Å². The van der Waals surface area contributed by atoms with Crippen molar-refractivity contribution in [3.05, 3.63) is 53.6 Å². The number of carbonyl (C=O) groups excluding carboxylic acids is 3. The summed E-state index contributed by atoms with van der Waals surface area (Å²) < 4.78 is 5.43. The molecule has 0 radical (unpaired) electrons. The van der Waals surface area contributed by atoms with Gasteiger partial charge in [-0.2, -0.15) is 0 Å². The SMILES string of the molecule is COc1ccc2c(c1)[C@]1(C(=O)N2)[C@@H]2C(=O)N(c3ccc(C)cc3)C(=O)[C@@H]2[C@@H]2CCCN21. The molecule has 0 aromatic heterocycles. The van der Waals surface area contributed by atoms with Gasteiger partial charge in [0.15, 0.2) is 0 Å². The Labute approximate surface area is 180 Å². The van der Waals surface area contributed by atoms with E-state index in [1.807, 2.05) is 31.2 Å². The summed E-state index contributed by atoms with van der Waals surface area (Å²) in [5, 5.41) is 2.99. The van der Waals surface area contributed by atoms with E-state index in [0.29, 0.717) is 23.7 Å². The fraction of sp³-hybridized carbons (Fsp3) is 0.375. The smallest absolute Gasteiger partial charge is 0.250 e. The van der Waals surface area contributed by atoms with Crippen LogP contribution < -0.4 is 15.0 Å². The van der Waals surface area contributed by atoms with E-state index in [1.54, 1.807) is 25.3 Å². The molecule has 3 amide bonds. The lowest BCUT2D eigenvalue weighted by molar-refractivity contribution is -0.135. The van der Waals surface area contributed by atoms with E-state index in [9.17, 15) is 14.4 Å². The third-order valence-electron chi connectivity index (χ3n) is 7.49. The van der Waals surface area contributed by atoms with Gasteiger partial charge in [-0.05, 0) is 56.6 Å². The van der Waals surface area contributed by atoms with E-state index in [-0.39, 0.29) is 23.8 Å². The van der Waals surface area contributed by atoms with Crippen LogP contribution in [0.25, 0.3) is 0 Å². The van der Waals surface area contributed by atoms with Gasteiger partial charge in [-0.3, -0.25) is 19.3 Å². The first-order valence-corrected chi connectivity index (χ1v) is 10.7. The van der Waals surface area contributed by atoms with Gasteiger partial charge in [-0.1, -0.05) is 17.7 Å². The summed E-state index contributed by atoms with van der Waals surface area (Å²) in [6.45, 7) is 2.65. The van der Waals surface area contributed by atoms with Crippen molar-refractivity contribution < 1.29 is 19.1 Å². The monoisotopic (exact) mass is 417 g/mol. The second-order valence-electron chi connectivity index (χ2n) is 8.89. The number of imide groups is 1. The van der Waals surface area contributed by atoms with Gasteiger partial charge in [0, 0.05) is 17.3 Å². The number of benzene rings is 2. The Kier molecular flexibility index (Phi) is 3.69. The Balaban J connectivity index is 1.55. The minimum absolute atomic E-state index is 0.125. The predicted octanol–water partition coefficient (Wildman–Crippen LogP) is 2.43. The molecule has 0 unspecified atom stereocenters. The maximum absolute atomic E-state index is 13.9. The summed E-state index contributed by atoms with van der Waals surface area (Å²) in [7, 11) is 1.58. The first-order chi connectivity index (χ1) is 15.0. The molecule has 0 aliphatic carbocycles. The van der Waals surface area contributed by atoms with Crippen LogP contribution in [-0.4, -0.2) is 42.3 Å². The summed E-state index contributed by atoms with van der Waals surface area (Å²) in [5.41, 5.74) is 1.87. The number of aryl methyl sites for hydroxylation is 1. The fourth-order valence-corrected chi connectivity index (χ4v) is 6.26. The number of rotatable bonds is 2. The molecule has 4 heterocycles. The molecule has 3 fully saturated rings. The van der Waals surface area contributed by atoms with Crippen molar-refractivity contribution in [2.45, 2.75) is 31.3 Å². The molecule has 4 aliphatic heterocycles. The molecular formula is C24H23N3O4. The number of hydrogen-bond donors (Lipinski definition) is 1. The van der Waals surface area contributed by atoms with Crippen molar-refractivity contribution in [3.8, 4) is 5.75 Å². The lowest BCUT2D eigenvalue weighted by atomic mass is 9.75. The lowest BCUT2D eigenvalue weighted by Crippen LogP contribution is -2.54. The van der Waals surface area contributed by atoms with Crippen LogP contribution >= 0.6 is 0 Å². The zero-order valence-corrected chi connectivity index (χ0v) is 17.4. The van der Waals surface area contributed by atoms with Gasteiger partial charge in [-0.15, -0.1) is 0 Å². The number of nitrogens with one attached hydrogen (secondary N) is 1. The molecule has 0 saturated carbocycles. The molecule has 1 spiro atoms. The van der Waals surface area contributed by atoms with E-state index < -0.39 is 17.4 Å². The summed E-state index contributed by atoms with van der Waals surface area (Å²) >= 11 is 0. The Bertz CT molecular complexity index is 1140. The highest BCUT2D eigenvalue weighted by Crippen LogP contribution is 2.61. The van der Waals surface area contributed by atoms with Gasteiger partial charge < -0.3 is 10.1 Å². The van der Waals surface area contributed by atoms with Crippen molar-refractivity contribution in [3.63, 3.8) is 0 Å². The van der Waals surface area contributed by atoms with Gasteiger partial charge >= 0.3 is 0 Å². The maximum atomic E-state index is 13.9. The van der Waals surface area contributed by atoms with Crippen molar-refractivity contribution in [1.82, 2.24) is 4.90 Å². The number of hydrogen-bond acceptors (Lipinski definition) is 5. The number of ether oxygens (including phenoxy) is 1. The van der Waals surface area contributed by atoms with Crippen LogP contribution in [0, 0.1) is 18.8 Å². The van der Waals surface area contributed by atoms with Gasteiger partial charge in [0.1, 0.15) is 11.3 Å². The van der Waals surface area contributed by atoms with E-state index in [2.05, 4.69) is 10.2 Å². The van der Waals surface area contributed by atoms with Crippen molar-refractivity contribution >= 4 is 29.1 Å². The van der Waals surface area contributed by atoms with Crippen LogP contribution in [-0.2, 0) is 19.9 Å². The van der Waals surface area contributed by atoms with Crippen LogP contribution in [0.3, 0.4) is 0 Å². The van der Waals surface area contributed by atoms with Crippen LogP contribution in [0.2, 0.25) is 0 Å². The second-order valence-corrected chi connectivity index (χ2v) is 8.89. The molecule has 2 aromatic rings. The van der Waals surface area contributed by atoms with E-state index in [1.165, 1.54) is 4.90 Å². The van der Waals surface area contributed by atoms with Crippen LogP contribution in [0.4, 0.5) is 11.4 Å². The molecule has 3 saturated heterocycles. The van der Waals surface area contributed by atoms with Crippen LogP contribution in [0.5, 0.6) is 5.75 Å². The van der Waals surface area contributed by atoms with Gasteiger partial charge in [0.05, 0.1) is 24.6 Å². The van der Waals surface area contributed by atoms with Gasteiger partial charge in [-0.25, -0.2) is 4.90 Å². The first-order valence-electron chi connectivity index (χ1n) is 10.7. The number of nitrogens with zero attached hydrogens (tertiary/aromatic N) is 2.